The number of carbonyl (C=O) groups is 1. The summed E-state index contributed by atoms with van der Waals surface area (Å²) in [7, 11) is 0. The highest BCUT2D eigenvalue weighted by atomic mass is 19.1. The molecule has 1 aliphatic rings. The highest BCUT2D eigenvalue weighted by Gasteiger charge is 2.23. The fourth-order valence-corrected chi connectivity index (χ4v) is 3.48. The van der Waals surface area contributed by atoms with E-state index in [1.165, 1.54) is 12.1 Å². The number of rotatable bonds is 7. The summed E-state index contributed by atoms with van der Waals surface area (Å²) in [5, 5.41) is 0. The highest BCUT2D eigenvalue weighted by molar-refractivity contribution is 5.78. The number of likely N-dealkylation sites (tertiary alicyclic amines) is 1. The predicted octanol–water partition coefficient (Wildman–Crippen LogP) is 3.48. The average Bonchev–Trinajstić information content (AvgIpc) is 2.55. The van der Waals surface area contributed by atoms with Gasteiger partial charge in [0.2, 0.25) is 5.91 Å². The first-order valence-corrected chi connectivity index (χ1v) is 8.97. The molecule has 1 atom stereocenters. The average molecular weight is 338 g/mol. The van der Waals surface area contributed by atoms with Crippen LogP contribution < -0.4 is 0 Å². The summed E-state index contributed by atoms with van der Waals surface area (Å²) in [5.41, 5.74) is 0.577. The molecule has 0 aliphatic carbocycles. The molecule has 1 amide bonds. The van der Waals surface area contributed by atoms with Gasteiger partial charge in [0.15, 0.2) is 0 Å². The van der Waals surface area contributed by atoms with Crippen LogP contribution in [0.25, 0.3) is 0 Å². The largest absolute Gasteiger partial charge is 0.342 e. The number of halogens is 2. The van der Waals surface area contributed by atoms with Gasteiger partial charge >= 0.3 is 0 Å². The Kier molecular flexibility index (Phi) is 7.16. The zero-order chi connectivity index (χ0) is 17.5. The van der Waals surface area contributed by atoms with E-state index in [4.69, 9.17) is 0 Å². The summed E-state index contributed by atoms with van der Waals surface area (Å²) in [6.07, 6.45) is 3.67. The third kappa shape index (κ3) is 5.26. The molecule has 1 heterocycles. The Bertz CT molecular complexity index is 546. The number of carbonyl (C=O) groups excluding carboxylic acids is 1. The van der Waals surface area contributed by atoms with E-state index >= 15 is 0 Å². The van der Waals surface area contributed by atoms with Gasteiger partial charge in [0.25, 0.3) is 0 Å². The molecule has 0 bridgehead atoms. The number of nitrogens with zero attached hydrogens (tertiary/aromatic N) is 2. The Labute approximate surface area is 143 Å². The molecular weight excluding hydrogens is 310 g/mol. The first-order chi connectivity index (χ1) is 11.5. The van der Waals surface area contributed by atoms with Crippen LogP contribution in [0, 0.1) is 17.6 Å². The van der Waals surface area contributed by atoms with Crippen molar-refractivity contribution < 1.29 is 13.6 Å². The van der Waals surface area contributed by atoms with Crippen LogP contribution in [0.15, 0.2) is 18.2 Å². The standard InChI is InChI=1S/C19H28F2N2O/c1-3-23(4-2)19(24)14-22-11-5-6-15(13-22)7-8-16-9-10-17(20)12-18(16)21/h9-10,12,15H,3-8,11,13-14H2,1-2H3/t15-/m0/s1. The predicted molar refractivity (Wildman–Crippen MR) is 91.8 cm³/mol. The number of likely N-dealkylation sites (N-methyl/N-ethyl adjacent to an activating group) is 1. The van der Waals surface area contributed by atoms with E-state index in [1.54, 1.807) is 0 Å². The Hall–Kier alpha value is -1.49. The fraction of sp³-hybridized carbons (Fsp3) is 0.632. The maximum Gasteiger partial charge on any atom is 0.236 e. The second kappa shape index (κ2) is 9.11. The minimum Gasteiger partial charge on any atom is -0.342 e. The summed E-state index contributed by atoms with van der Waals surface area (Å²) < 4.78 is 26.7. The van der Waals surface area contributed by atoms with Gasteiger partial charge in [0.1, 0.15) is 11.6 Å². The van der Waals surface area contributed by atoms with Crippen molar-refractivity contribution in [1.82, 2.24) is 9.80 Å². The number of hydrogen-bond donors (Lipinski definition) is 0. The van der Waals surface area contributed by atoms with Crippen molar-refractivity contribution in [3.8, 4) is 0 Å². The zero-order valence-electron chi connectivity index (χ0n) is 14.7. The Morgan fingerprint density at radius 2 is 2.04 bits per heavy atom. The number of aryl methyl sites for hydroxylation is 1. The van der Waals surface area contributed by atoms with Crippen molar-refractivity contribution in [3.63, 3.8) is 0 Å². The maximum atomic E-state index is 13.7. The summed E-state index contributed by atoms with van der Waals surface area (Å²) >= 11 is 0. The second-order valence-corrected chi connectivity index (χ2v) is 6.58. The number of benzene rings is 1. The highest BCUT2D eigenvalue weighted by Crippen LogP contribution is 2.22. The molecule has 2 rings (SSSR count). The minimum atomic E-state index is -0.532. The first-order valence-electron chi connectivity index (χ1n) is 8.97. The molecule has 1 aliphatic heterocycles. The van der Waals surface area contributed by atoms with E-state index in [0.717, 1.165) is 51.5 Å². The van der Waals surface area contributed by atoms with Gasteiger partial charge in [-0.3, -0.25) is 9.69 Å². The molecule has 1 aromatic carbocycles. The Morgan fingerprint density at radius 1 is 1.29 bits per heavy atom. The monoisotopic (exact) mass is 338 g/mol. The van der Waals surface area contributed by atoms with Crippen LogP contribution >= 0.6 is 0 Å². The van der Waals surface area contributed by atoms with Gasteiger partial charge in [-0.1, -0.05) is 6.07 Å². The normalized spacial score (nSPS) is 18.6. The molecule has 0 aromatic heterocycles. The summed E-state index contributed by atoms with van der Waals surface area (Å²) in [6, 6.07) is 3.80. The molecule has 134 valence electrons. The van der Waals surface area contributed by atoms with Gasteiger partial charge in [-0.25, -0.2) is 8.78 Å². The first kappa shape index (κ1) is 18.8. The summed E-state index contributed by atoms with van der Waals surface area (Å²) in [4.78, 5) is 16.3. The maximum absolute atomic E-state index is 13.7. The Balaban J connectivity index is 1.83. The van der Waals surface area contributed by atoms with Crippen LogP contribution in [0.1, 0.15) is 38.7 Å². The minimum absolute atomic E-state index is 0.185. The van der Waals surface area contributed by atoms with Gasteiger partial charge in [-0.05, 0) is 63.6 Å². The number of hydrogen-bond acceptors (Lipinski definition) is 2. The molecule has 0 N–H and O–H groups in total. The lowest BCUT2D eigenvalue weighted by Crippen LogP contribution is -2.44. The molecule has 24 heavy (non-hydrogen) atoms. The molecular formula is C19H28F2N2O. The molecule has 0 unspecified atom stereocenters. The van der Waals surface area contributed by atoms with Crippen LogP contribution in [0.5, 0.6) is 0 Å². The zero-order valence-corrected chi connectivity index (χ0v) is 14.7. The van der Waals surface area contributed by atoms with E-state index in [1.807, 2.05) is 18.7 Å². The van der Waals surface area contributed by atoms with Crippen molar-refractivity contribution in [2.24, 2.45) is 5.92 Å². The molecule has 1 fully saturated rings. The lowest BCUT2D eigenvalue weighted by Gasteiger charge is -2.33. The summed E-state index contributed by atoms with van der Waals surface area (Å²) in [5.74, 6) is -0.340. The van der Waals surface area contributed by atoms with Crippen molar-refractivity contribution in [3.05, 3.63) is 35.4 Å². The van der Waals surface area contributed by atoms with Crippen molar-refractivity contribution in [1.29, 1.82) is 0 Å². The third-order valence-corrected chi connectivity index (χ3v) is 4.92. The van der Waals surface area contributed by atoms with Crippen LogP contribution in [-0.4, -0.2) is 48.4 Å². The molecule has 1 aromatic rings. The topological polar surface area (TPSA) is 23.6 Å². The molecule has 3 nitrogen and oxygen atoms in total. The molecule has 5 heteroatoms. The van der Waals surface area contributed by atoms with E-state index < -0.39 is 11.6 Å². The lowest BCUT2D eigenvalue weighted by molar-refractivity contribution is -0.132. The second-order valence-electron chi connectivity index (χ2n) is 6.58. The van der Waals surface area contributed by atoms with Crippen molar-refractivity contribution in [2.75, 3.05) is 32.7 Å². The van der Waals surface area contributed by atoms with E-state index in [-0.39, 0.29) is 5.91 Å². The number of amides is 1. The quantitative estimate of drug-likeness (QED) is 0.760. The molecule has 1 saturated heterocycles. The van der Waals surface area contributed by atoms with Crippen molar-refractivity contribution in [2.45, 2.75) is 39.5 Å². The molecule has 0 saturated carbocycles. The smallest absolute Gasteiger partial charge is 0.236 e. The van der Waals surface area contributed by atoms with E-state index in [2.05, 4.69) is 4.90 Å². The van der Waals surface area contributed by atoms with Crippen LogP contribution in [0.3, 0.4) is 0 Å². The lowest BCUT2D eigenvalue weighted by atomic mass is 9.91. The Morgan fingerprint density at radius 3 is 2.71 bits per heavy atom. The van der Waals surface area contributed by atoms with Gasteiger partial charge < -0.3 is 4.90 Å². The van der Waals surface area contributed by atoms with Gasteiger partial charge in [-0.2, -0.15) is 0 Å². The SMILES string of the molecule is CCN(CC)C(=O)CN1CCC[C@@H](CCc2ccc(F)cc2F)C1. The summed E-state index contributed by atoms with van der Waals surface area (Å²) in [6.45, 7) is 7.80. The van der Waals surface area contributed by atoms with E-state index in [0.29, 0.717) is 24.4 Å². The van der Waals surface area contributed by atoms with Crippen molar-refractivity contribution >= 4 is 5.91 Å². The molecule has 0 radical (unpaired) electrons. The van der Waals surface area contributed by atoms with Crippen LogP contribution in [0.4, 0.5) is 8.78 Å². The van der Waals surface area contributed by atoms with Gasteiger partial charge in [0.05, 0.1) is 6.54 Å². The van der Waals surface area contributed by atoms with Crippen LogP contribution in [-0.2, 0) is 11.2 Å². The molecule has 0 spiro atoms. The van der Waals surface area contributed by atoms with Crippen LogP contribution in [0.2, 0.25) is 0 Å². The number of piperidine rings is 1. The van der Waals surface area contributed by atoms with E-state index in [9.17, 15) is 13.6 Å². The third-order valence-electron chi connectivity index (χ3n) is 4.92. The fourth-order valence-electron chi connectivity index (χ4n) is 3.48. The van der Waals surface area contributed by atoms with Gasteiger partial charge in [0, 0.05) is 25.7 Å². The van der Waals surface area contributed by atoms with Gasteiger partial charge in [-0.15, -0.1) is 0 Å².